The number of nitrogens with one attached hydrogen (secondary N) is 1. The van der Waals surface area contributed by atoms with Crippen molar-refractivity contribution in [3.8, 4) is 0 Å². The van der Waals surface area contributed by atoms with Gasteiger partial charge in [-0.05, 0) is 44.4 Å². The molecule has 0 aliphatic rings. The minimum absolute atomic E-state index is 0.0431. The summed E-state index contributed by atoms with van der Waals surface area (Å²) in [5.74, 6) is 0.936. The molecule has 0 aliphatic carbocycles. The van der Waals surface area contributed by atoms with Gasteiger partial charge in [0.25, 0.3) is 5.22 Å². The number of ether oxygens (including phenoxy) is 1. The first-order chi connectivity index (χ1) is 12.5. The van der Waals surface area contributed by atoms with Gasteiger partial charge in [-0.15, -0.1) is 10.2 Å². The summed E-state index contributed by atoms with van der Waals surface area (Å²) in [7, 11) is 0. The minimum atomic E-state index is -0.584. The fourth-order valence-corrected chi connectivity index (χ4v) is 3.46. The maximum Gasteiger partial charge on any atom is 0.408 e. The molecule has 0 saturated carbocycles. The summed E-state index contributed by atoms with van der Waals surface area (Å²) in [5.41, 5.74) is 0.331. The van der Waals surface area contributed by atoms with E-state index in [0.29, 0.717) is 26.9 Å². The highest BCUT2D eigenvalue weighted by Crippen LogP contribution is 2.30. The first-order valence-corrected chi connectivity index (χ1v) is 10.2. The Morgan fingerprint density at radius 1 is 1.30 bits per heavy atom. The molecular weight excluding hydrogens is 409 g/mol. The summed E-state index contributed by atoms with van der Waals surface area (Å²) in [5, 5.41) is 12.5. The van der Waals surface area contributed by atoms with Gasteiger partial charge >= 0.3 is 6.09 Å². The second kappa shape index (κ2) is 9.17. The lowest BCUT2D eigenvalue weighted by atomic mass is 10.1. The lowest BCUT2D eigenvalue weighted by Gasteiger charge is -2.23. The Balaban J connectivity index is 2.03. The molecule has 1 aromatic heterocycles. The molecule has 1 atom stereocenters. The van der Waals surface area contributed by atoms with Crippen molar-refractivity contribution in [2.75, 3.05) is 0 Å². The van der Waals surface area contributed by atoms with E-state index in [1.807, 2.05) is 19.9 Å². The van der Waals surface area contributed by atoms with Crippen LogP contribution in [0.15, 0.2) is 27.8 Å². The molecule has 9 heteroatoms. The van der Waals surface area contributed by atoms with Crippen molar-refractivity contribution in [1.29, 1.82) is 0 Å². The number of aromatic nitrogens is 2. The highest BCUT2D eigenvalue weighted by atomic mass is 35.5. The van der Waals surface area contributed by atoms with Crippen molar-refractivity contribution >= 4 is 41.1 Å². The molecule has 148 valence electrons. The second-order valence-corrected chi connectivity index (χ2v) is 9.07. The van der Waals surface area contributed by atoms with Crippen molar-refractivity contribution in [1.82, 2.24) is 15.5 Å². The molecule has 0 radical (unpaired) electrons. The zero-order chi connectivity index (χ0) is 20.2. The van der Waals surface area contributed by atoms with Crippen LogP contribution in [0.5, 0.6) is 0 Å². The Kier molecular flexibility index (Phi) is 7.42. The summed E-state index contributed by atoms with van der Waals surface area (Å²) in [6.45, 7) is 9.32. The van der Waals surface area contributed by atoms with Crippen LogP contribution in [0.1, 0.15) is 52.1 Å². The fourth-order valence-electron chi connectivity index (χ4n) is 2.13. The van der Waals surface area contributed by atoms with Gasteiger partial charge in [0.1, 0.15) is 11.6 Å². The molecule has 1 amide bonds. The van der Waals surface area contributed by atoms with Crippen molar-refractivity contribution in [3.63, 3.8) is 0 Å². The third-order valence-corrected chi connectivity index (χ3v) is 4.85. The van der Waals surface area contributed by atoms with Crippen LogP contribution in [0.25, 0.3) is 0 Å². The summed E-state index contributed by atoms with van der Waals surface area (Å²) in [6, 6.07) is 4.89. The first-order valence-electron chi connectivity index (χ1n) is 8.45. The van der Waals surface area contributed by atoms with E-state index in [1.165, 1.54) is 11.8 Å². The molecule has 0 saturated heterocycles. The van der Waals surface area contributed by atoms with Gasteiger partial charge in [0.15, 0.2) is 0 Å². The zero-order valence-electron chi connectivity index (χ0n) is 15.9. The number of alkyl carbamates (subject to hydrolysis) is 1. The number of hydrogen-bond acceptors (Lipinski definition) is 6. The Labute approximate surface area is 173 Å². The maximum absolute atomic E-state index is 12.1. The molecule has 0 unspecified atom stereocenters. The number of benzene rings is 1. The van der Waals surface area contributed by atoms with Crippen LogP contribution in [0.2, 0.25) is 10.0 Å². The van der Waals surface area contributed by atoms with Gasteiger partial charge in [0, 0.05) is 15.8 Å². The summed E-state index contributed by atoms with van der Waals surface area (Å²) in [4.78, 5) is 12.1. The Morgan fingerprint density at radius 3 is 2.59 bits per heavy atom. The number of carbonyl (C=O) groups is 1. The van der Waals surface area contributed by atoms with Crippen molar-refractivity contribution in [2.24, 2.45) is 5.92 Å². The average molecular weight is 432 g/mol. The fraction of sp³-hybridized carbons (Fsp3) is 0.500. The van der Waals surface area contributed by atoms with Crippen LogP contribution in [-0.4, -0.2) is 21.9 Å². The Hall–Kier alpha value is -1.44. The lowest BCUT2D eigenvalue weighted by molar-refractivity contribution is 0.0477. The summed E-state index contributed by atoms with van der Waals surface area (Å²) >= 11 is 13.4. The quantitative estimate of drug-likeness (QED) is 0.574. The van der Waals surface area contributed by atoms with Gasteiger partial charge in [0.2, 0.25) is 5.89 Å². The largest absolute Gasteiger partial charge is 0.444 e. The number of amides is 1. The van der Waals surface area contributed by atoms with Crippen LogP contribution in [0.4, 0.5) is 4.79 Å². The van der Waals surface area contributed by atoms with Crippen molar-refractivity contribution < 1.29 is 13.9 Å². The highest BCUT2D eigenvalue weighted by molar-refractivity contribution is 7.98. The van der Waals surface area contributed by atoms with Gasteiger partial charge in [0.05, 0.1) is 0 Å². The Morgan fingerprint density at radius 2 is 2.00 bits per heavy atom. The number of thioether (sulfide) groups is 1. The molecule has 2 rings (SSSR count). The van der Waals surface area contributed by atoms with Crippen LogP contribution in [0, 0.1) is 5.92 Å². The highest BCUT2D eigenvalue weighted by Gasteiger charge is 2.27. The van der Waals surface area contributed by atoms with Gasteiger partial charge in [-0.1, -0.05) is 54.9 Å². The normalized spacial score (nSPS) is 12.9. The third-order valence-electron chi connectivity index (χ3n) is 3.39. The van der Waals surface area contributed by atoms with E-state index >= 15 is 0 Å². The molecule has 0 aliphatic heterocycles. The van der Waals surface area contributed by atoms with Crippen LogP contribution in [-0.2, 0) is 10.5 Å². The predicted octanol–water partition coefficient (Wildman–Crippen LogP) is 5.89. The van der Waals surface area contributed by atoms with Crippen LogP contribution >= 0.6 is 35.0 Å². The average Bonchev–Trinajstić information content (AvgIpc) is 2.98. The van der Waals surface area contributed by atoms with E-state index in [1.54, 1.807) is 32.9 Å². The molecule has 6 nitrogen and oxygen atoms in total. The molecule has 1 N–H and O–H groups in total. The third kappa shape index (κ3) is 6.90. The number of hydrogen-bond donors (Lipinski definition) is 1. The smallest absolute Gasteiger partial charge is 0.408 e. The molecular formula is C18H23Cl2N3O3S. The molecule has 0 bridgehead atoms. The van der Waals surface area contributed by atoms with Gasteiger partial charge in [-0.3, -0.25) is 0 Å². The topological polar surface area (TPSA) is 77.2 Å². The second-order valence-electron chi connectivity index (χ2n) is 7.30. The molecule has 0 fully saturated rings. The summed E-state index contributed by atoms with van der Waals surface area (Å²) in [6.07, 6.45) is -0.526. The zero-order valence-corrected chi connectivity index (χ0v) is 18.2. The van der Waals surface area contributed by atoms with Gasteiger partial charge < -0.3 is 14.5 Å². The first kappa shape index (κ1) is 21.9. The van der Waals surface area contributed by atoms with E-state index in [-0.39, 0.29) is 5.92 Å². The maximum atomic E-state index is 12.1. The molecule has 1 heterocycles. The van der Waals surface area contributed by atoms with Gasteiger partial charge in [-0.25, -0.2) is 4.79 Å². The van der Waals surface area contributed by atoms with E-state index in [4.69, 9.17) is 32.4 Å². The SMILES string of the molecule is CC(C)[C@H](NC(=O)OC(C)(C)C)c1nnc(SCc2ccc(Cl)cc2Cl)o1. The minimum Gasteiger partial charge on any atom is -0.444 e. The lowest BCUT2D eigenvalue weighted by Crippen LogP contribution is -2.37. The number of carbonyl (C=O) groups excluding carboxylic acids is 1. The van der Waals surface area contributed by atoms with E-state index in [2.05, 4.69) is 15.5 Å². The number of rotatable bonds is 6. The molecule has 0 spiro atoms. The van der Waals surface area contributed by atoms with Crippen molar-refractivity contribution in [2.45, 2.75) is 57.2 Å². The van der Waals surface area contributed by atoms with E-state index < -0.39 is 17.7 Å². The Bertz CT molecular complexity index is 790. The van der Waals surface area contributed by atoms with E-state index in [9.17, 15) is 4.79 Å². The van der Waals surface area contributed by atoms with Gasteiger partial charge in [-0.2, -0.15) is 0 Å². The standard InChI is InChI=1S/C18H23Cl2N3O3S/c1-10(2)14(21-16(24)26-18(3,4)5)15-22-23-17(25-15)27-9-11-6-7-12(19)8-13(11)20/h6-8,10,14H,9H2,1-5H3,(H,21,24)/t14-/m0/s1. The van der Waals surface area contributed by atoms with Crippen LogP contribution in [0.3, 0.4) is 0 Å². The monoisotopic (exact) mass is 431 g/mol. The summed E-state index contributed by atoms with van der Waals surface area (Å²) < 4.78 is 11.0. The molecule has 1 aromatic carbocycles. The number of halogens is 2. The predicted molar refractivity (Wildman–Crippen MR) is 107 cm³/mol. The molecule has 27 heavy (non-hydrogen) atoms. The number of nitrogens with zero attached hydrogens (tertiary/aromatic N) is 2. The van der Waals surface area contributed by atoms with E-state index in [0.717, 1.165) is 5.56 Å². The van der Waals surface area contributed by atoms with Crippen LogP contribution < -0.4 is 5.32 Å². The van der Waals surface area contributed by atoms with Crippen molar-refractivity contribution in [3.05, 3.63) is 39.7 Å². The molecule has 2 aromatic rings.